The van der Waals surface area contributed by atoms with Crippen LogP contribution in [0.3, 0.4) is 0 Å². The van der Waals surface area contributed by atoms with Gasteiger partial charge in [0.25, 0.3) is 5.91 Å². The van der Waals surface area contributed by atoms with Crippen molar-refractivity contribution in [2.24, 2.45) is 0 Å². The number of anilines is 1. The van der Waals surface area contributed by atoms with E-state index in [0.717, 1.165) is 16.7 Å². The second-order valence-electron chi connectivity index (χ2n) is 6.92. The first-order valence-corrected chi connectivity index (χ1v) is 9.87. The molecule has 3 N–H and O–H groups in total. The summed E-state index contributed by atoms with van der Waals surface area (Å²) in [6, 6.07) is 21.0. The van der Waals surface area contributed by atoms with Crippen LogP contribution < -0.4 is 11.1 Å². The van der Waals surface area contributed by atoms with Crippen molar-refractivity contribution in [3.63, 3.8) is 0 Å². The molecule has 0 saturated carbocycles. The normalized spacial score (nSPS) is 11.5. The maximum atomic E-state index is 12.6. The number of rotatable bonds is 8. The zero-order chi connectivity index (χ0) is 21.3. The Bertz CT molecular complexity index is 971. The zero-order valence-corrected chi connectivity index (χ0v) is 16.9. The van der Waals surface area contributed by atoms with Crippen LogP contribution in [0.4, 0.5) is 5.82 Å². The van der Waals surface area contributed by atoms with Crippen molar-refractivity contribution < 1.29 is 14.3 Å². The predicted octanol–water partition coefficient (Wildman–Crippen LogP) is 3.63. The number of carbonyl (C=O) groups is 2. The van der Waals surface area contributed by atoms with Gasteiger partial charge in [0.05, 0.1) is 18.6 Å². The third-order valence-electron chi connectivity index (χ3n) is 4.65. The van der Waals surface area contributed by atoms with Crippen LogP contribution in [0.5, 0.6) is 0 Å². The summed E-state index contributed by atoms with van der Waals surface area (Å²) in [6.07, 6.45) is 2.01. The van der Waals surface area contributed by atoms with Crippen molar-refractivity contribution in [2.45, 2.75) is 25.8 Å². The molecule has 30 heavy (non-hydrogen) atoms. The van der Waals surface area contributed by atoms with E-state index >= 15 is 0 Å². The Balaban J connectivity index is 1.72. The third kappa shape index (κ3) is 5.91. The SMILES string of the molecule is CCOC(=O)CC(Cc1ccc(-c2ccccc2)cc1)NC(=O)c1ccc(N)nc1. The highest BCUT2D eigenvalue weighted by molar-refractivity contribution is 5.94. The molecule has 1 aromatic heterocycles. The molecule has 3 aromatic rings. The number of aromatic nitrogens is 1. The molecule has 0 bridgehead atoms. The van der Waals surface area contributed by atoms with Gasteiger partial charge in [-0.25, -0.2) is 4.98 Å². The Labute approximate surface area is 176 Å². The topological polar surface area (TPSA) is 94.3 Å². The van der Waals surface area contributed by atoms with E-state index < -0.39 is 6.04 Å². The smallest absolute Gasteiger partial charge is 0.307 e. The lowest BCUT2D eigenvalue weighted by atomic mass is 9.99. The number of hydrogen-bond acceptors (Lipinski definition) is 5. The van der Waals surface area contributed by atoms with Gasteiger partial charge in [-0.3, -0.25) is 9.59 Å². The van der Waals surface area contributed by atoms with Crippen molar-refractivity contribution in [1.82, 2.24) is 10.3 Å². The molecular formula is C24H25N3O3. The number of amides is 1. The molecule has 2 aromatic carbocycles. The van der Waals surface area contributed by atoms with Crippen LogP contribution in [0.1, 0.15) is 29.3 Å². The maximum Gasteiger partial charge on any atom is 0.307 e. The number of hydrogen-bond donors (Lipinski definition) is 2. The van der Waals surface area contributed by atoms with E-state index in [4.69, 9.17) is 10.5 Å². The quantitative estimate of drug-likeness (QED) is 0.560. The minimum absolute atomic E-state index is 0.0857. The Kier molecular flexibility index (Phi) is 7.16. The monoisotopic (exact) mass is 403 g/mol. The molecule has 0 aliphatic carbocycles. The number of nitrogens with one attached hydrogen (secondary N) is 1. The summed E-state index contributed by atoms with van der Waals surface area (Å²) in [6.45, 7) is 2.06. The Morgan fingerprint density at radius 2 is 1.70 bits per heavy atom. The average molecular weight is 403 g/mol. The highest BCUT2D eigenvalue weighted by Gasteiger charge is 2.19. The van der Waals surface area contributed by atoms with Crippen LogP contribution in [-0.2, 0) is 16.0 Å². The summed E-state index contributed by atoms with van der Waals surface area (Å²) in [5.74, 6) is -0.315. The molecule has 0 fully saturated rings. The third-order valence-corrected chi connectivity index (χ3v) is 4.65. The second-order valence-corrected chi connectivity index (χ2v) is 6.92. The van der Waals surface area contributed by atoms with E-state index in [1.54, 1.807) is 19.1 Å². The van der Waals surface area contributed by atoms with Crippen molar-refractivity contribution >= 4 is 17.7 Å². The van der Waals surface area contributed by atoms with Crippen LogP contribution in [0, 0.1) is 0 Å². The van der Waals surface area contributed by atoms with E-state index in [9.17, 15) is 9.59 Å². The Morgan fingerprint density at radius 3 is 2.33 bits per heavy atom. The van der Waals surface area contributed by atoms with Crippen molar-refractivity contribution in [3.8, 4) is 11.1 Å². The van der Waals surface area contributed by atoms with Crippen LogP contribution >= 0.6 is 0 Å². The van der Waals surface area contributed by atoms with Gasteiger partial charge in [-0.05, 0) is 42.2 Å². The number of pyridine rings is 1. The Morgan fingerprint density at radius 1 is 1.00 bits per heavy atom. The minimum atomic E-state index is -0.406. The number of nitrogens with zero attached hydrogens (tertiary/aromatic N) is 1. The fraction of sp³-hybridized carbons (Fsp3) is 0.208. The largest absolute Gasteiger partial charge is 0.466 e. The van der Waals surface area contributed by atoms with Gasteiger partial charge in [0.2, 0.25) is 0 Å². The molecule has 1 heterocycles. The number of carbonyl (C=O) groups excluding carboxylic acids is 2. The molecule has 1 atom stereocenters. The summed E-state index contributed by atoms with van der Waals surface area (Å²) < 4.78 is 5.07. The minimum Gasteiger partial charge on any atom is -0.466 e. The molecule has 154 valence electrons. The van der Waals surface area contributed by atoms with Crippen LogP contribution in [-0.4, -0.2) is 29.5 Å². The maximum absolute atomic E-state index is 12.6. The lowest BCUT2D eigenvalue weighted by Gasteiger charge is -2.18. The van der Waals surface area contributed by atoms with Gasteiger partial charge in [-0.2, -0.15) is 0 Å². The predicted molar refractivity (Wildman–Crippen MR) is 117 cm³/mol. The van der Waals surface area contributed by atoms with E-state index in [-0.39, 0.29) is 18.3 Å². The van der Waals surface area contributed by atoms with Crippen LogP contribution in [0.15, 0.2) is 72.9 Å². The Hall–Kier alpha value is -3.67. The molecule has 6 heteroatoms. The fourth-order valence-corrected chi connectivity index (χ4v) is 3.15. The molecular weight excluding hydrogens is 378 g/mol. The lowest BCUT2D eigenvalue weighted by Crippen LogP contribution is -2.38. The molecule has 0 saturated heterocycles. The molecule has 1 amide bonds. The summed E-state index contributed by atoms with van der Waals surface area (Å²) in [5.41, 5.74) is 9.22. The van der Waals surface area contributed by atoms with Crippen LogP contribution in [0.25, 0.3) is 11.1 Å². The van der Waals surface area contributed by atoms with E-state index in [0.29, 0.717) is 24.4 Å². The molecule has 0 aliphatic rings. The summed E-state index contributed by atoms with van der Waals surface area (Å²) >= 11 is 0. The van der Waals surface area contributed by atoms with Crippen LogP contribution in [0.2, 0.25) is 0 Å². The van der Waals surface area contributed by atoms with E-state index in [1.807, 2.05) is 42.5 Å². The standard InChI is InChI=1S/C24H25N3O3/c1-2-30-23(28)15-21(27-24(29)20-12-13-22(25)26-16-20)14-17-8-10-19(11-9-17)18-6-4-3-5-7-18/h3-13,16,21H,2,14-15H2,1H3,(H2,25,26)(H,27,29). The molecule has 3 rings (SSSR count). The van der Waals surface area contributed by atoms with Crippen molar-refractivity contribution in [3.05, 3.63) is 84.1 Å². The molecule has 0 aliphatic heterocycles. The number of benzene rings is 2. The highest BCUT2D eigenvalue weighted by atomic mass is 16.5. The highest BCUT2D eigenvalue weighted by Crippen LogP contribution is 2.20. The number of ether oxygens (including phenoxy) is 1. The number of nitrogens with two attached hydrogens (primary N) is 1. The lowest BCUT2D eigenvalue weighted by molar-refractivity contribution is -0.143. The van der Waals surface area contributed by atoms with Crippen molar-refractivity contribution in [1.29, 1.82) is 0 Å². The number of nitrogen functional groups attached to an aromatic ring is 1. The van der Waals surface area contributed by atoms with Gasteiger partial charge >= 0.3 is 5.97 Å². The van der Waals surface area contributed by atoms with E-state index in [1.165, 1.54) is 6.20 Å². The number of esters is 1. The first kappa shape index (κ1) is 21.0. The van der Waals surface area contributed by atoms with Gasteiger partial charge in [-0.1, -0.05) is 54.6 Å². The fourth-order valence-electron chi connectivity index (χ4n) is 3.15. The first-order chi connectivity index (χ1) is 14.5. The summed E-state index contributed by atoms with van der Waals surface area (Å²) in [5, 5.41) is 2.92. The van der Waals surface area contributed by atoms with Crippen molar-refractivity contribution in [2.75, 3.05) is 12.3 Å². The first-order valence-electron chi connectivity index (χ1n) is 9.87. The van der Waals surface area contributed by atoms with E-state index in [2.05, 4.69) is 22.4 Å². The van der Waals surface area contributed by atoms with Gasteiger partial charge in [0.15, 0.2) is 0 Å². The van der Waals surface area contributed by atoms with Gasteiger partial charge in [0, 0.05) is 12.2 Å². The summed E-state index contributed by atoms with van der Waals surface area (Å²) in [4.78, 5) is 28.6. The molecule has 0 spiro atoms. The zero-order valence-electron chi connectivity index (χ0n) is 16.9. The molecule has 0 radical (unpaired) electrons. The van der Waals surface area contributed by atoms with Gasteiger partial charge in [0.1, 0.15) is 5.82 Å². The molecule has 6 nitrogen and oxygen atoms in total. The molecule has 1 unspecified atom stereocenters. The second kappa shape index (κ2) is 10.2. The van der Waals surface area contributed by atoms with Gasteiger partial charge in [-0.15, -0.1) is 0 Å². The average Bonchev–Trinajstić information content (AvgIpc) is 2.75. The van der Waals surface area contributed by atoms with Gasteiger partial charge < -0.3 is 15.8 Å². The summed E-state index contributed by atoms with van der Waals surface area (Å²) in [7, 11) is 0.